The molecule has 0 spiro atoms. The van der Waals surface area contributed by atoms with E-state index >= 15 is 0 Å². The van der Waals surface area contributed by atoms with Crippen molar-refractivity contribution >= 4 is 0 Å². The molecule has 0 radical (unpaired) electrons. The summed E-state index contributed by atoms with van der Waals surface area (Å²) < 4.78 is 5.63. The van der Waals surface area contributed by atoms with Gasteiger partial charge in [0.25, 0.3) is 0 Å². The van der Waals surface area contributed by atoms with Crippen molar-refractivity contribution in [3.63, 3.8) is 0 Å². The molecule has 0 amide bonds. The predicted octanol–water partition coefficient (Wildman–Crippen LogP) is 4.66. The molecule has 0 aliphatic heterocycles. The van der Waals surface area contributed by atoms with Crippen LogP contribution in [0.15, 0.2) is 0 Å². The first-order valence-electron chi connectivity index (χ1n) is 6.28. The SMILES string of the molecule is CC(C)(C)CCCCCOCC(C)(C)C. The van der Waals surface area contributed by atoms with Gasteiger partial charge in [0.1, 0.15) is 0 Å². The molecule has 0 aromatic carbocycles. The fourth-order valence-electron chi connectivity index (χ4n) is 1.41. The number of ether oxygens (including phenoxy) is 1. The van der Waals surface area contributed by atoms with Crippen LogP contribution in [0.2, 0.25) is 0 Å². The molecule has 0 saturated carbocycles. The average molecular weight is 214 g/mol. The Bertz CT molecular complexity index is 130. The lowest BCUT2D eigenvalue weighted by Crippen LogP contribution is -2.15. The van der Waals surface area contributed by atoms with Gasteiger partial charge in [-0.1, -0.05) is 54.4 Å². The topological polar surface area (TPSA) is 9.23 Å². The van der Waals surface area contributed by atoms with E-state index in [1.807, 2.05) is 0 Å². The Kier molecular flexibility index (Phi) is 6.51. The van der Waals surface area contributed by atoms with Gasteiger partial charge in [0, 0.05) is 6.61 Å². The van der Waals surface area contributed by atoms with E-state index in [1.165, 1.54) is 25.7 Å². The molecule has 0 aromatic rings. The van der Waals surface area contributed by atoms with E-state index in [2.05, 4.69) is 41.5 Å². The lowest BCUT2D eigenvalue weighted by atomic mass is 9.89. The van der Waals surface area contributed by atoms with Gasteiger partial charge >= 0.3 is 0 Å². The smallest absolute Gasteiger partial charge is 0.0514 e. The van der Waals surface area contributed by atoms with Crippen LogP contribution in [-0.2, 0) is 4.74 Å². The molecular weight excluding hydrogens is 184 g/mol. The summed E-state index contributed by atoms with van der Waals surface area (Å²) in [6.07, 6.45) is 5.18. The summed E-state index contributed by atoms with van der Waals surface area (Å²) in [5, 5.41) is 0. The summed E-state index contributed by atoms with van der Waals surface area (Å²) in [6.45, 7) is 15.4. The van der Waals surface area contributed by atoms with E-state index < -0.39 is 0 Å². The minimum Gasteiger partial charge on any atom is -0.381 e. The van der Waals surface area contributed by atoms with Crippen molar-refractivity contribution in [3.8, 4) is 0 Å². The van der Waals surface area contributed by atoms with E-state index in [0.717, 1.165) is 13.2 Å². The highest BCUT2D eigenvalue weighted by molar-refractivity contribution is 4.61. The number of hydrogen-bond acceptors (Lipinski definition) is 1. The lowest BCUT2D eigenvalue weighted by molar-refractivity contribution is 0.0683. The molecule has 0 heterocycles. The Morgan fingerprint density at radius 3 is 1.80 bits per heavy atom. The molecule has 0 aliphatic carbocycles. The highest BCUT2D eigenvalue weighted by atomic mass is 16.5. The molecule has 0 saturated heterocycles. The van der Waals surface area contributed by atoms with Crippen LogP contribution < -0.4 is 0 Å². The van der Waals surface area contributed by atoms with E-state index in [-0.39, 0.29) is 0 Å². The molecule has 0 rings (SSSR count). The molecule has 15 heavy (non-hydrogen) atoms. The fraction of sp³-hybridized carbons (Fsp3) is 1.00. The maximum atomic E-state index is 5.63. The highest BCUT2D eigenvalue weighted by Gasteiger charge is 2.10. The van der Waals surface area contributed by atoms with Gasteiger partial charge < -0.3 is 4.74 Å². The fourth-order valence-corrected chi connectivity index (χ4v) is 1.41. The zero-order chi connectivity index (χ0) is 11.9. The molecule has 0 aliphatic rings. The Labute approximate surface area is 96.6 Å². The largest absolute Gasteiger partial charge is 0.381 e. The van der Waals surface area contributed by atoms with Crippen molar-refractivity contribution in [1.29, 1.82) is 0 Å². The minimum atomic E-state index is 0.311. The van der Waals surface area contributed by atoms with Crippen LogP contribution >= 0.6 is 0 Å². The third-order valence-electron chi connectivity index (χ3n) is 2.25. The van der Waals surface area contributed by atoms with E-state index in [1.54, 1.807) is 0 Å². The molecule has 0 atom stereocenters. The first-order valence-corrected chi connectivity index (χ1v) is 6.28. The van der Waals surface area contributed by atoms with Crippen LogP contribution in [0.3, 0.4) is 0 Å². The molecule has 0 unspecified atom stereocenters. The third kappa shape index (κ3) is 14.0. The molecule has 0 aromatic heterocycles. The van der Waals surface area contributed by atoms with Gasteiger partial charge in [0.05, 0.1) is 6.61 Å². The van der Waals surface area contributed by atoms with Crippen molar-refractivity contribution in [2.45, 2.75) is 67.2 Å². The summed E-state index contributed by atoms with van der Waals surface area (Å²) >= 11 is 0. The summed E-state index contributed by atoms with van der Waals surface area (Å²) in [6, 6.07) is 0. The second kappa shape index (κ2) is 6.52. The van der Waals surface area contributed by atoms with Gasteiger partial charge in [0.2, 0.25) is 0 Å². The van der Waals surface area contributed by atoms with Crippen molar-refractivity contribution in [1.82, 2.24) is 0 Å². The maximum Gasteiger partial charge on any atom is 0.0514 e. The number of unbranched alkanes of at least 4 members (excludes halogenated alkanes) is 2. The summed E-state index contributed by atoms with van der Waals surface area (Å²) in [5.41, 5.74) is 0.803. The maximum absolute atomic E-state index is 5.63. The normalized spacial score (nSPS) is 13.2. The van der Waals surface area contributed by atoms with Crippen LogP contribution in [-0.4, -0.2) is 13.2 Å². The summed E-state index contributed by atoms with van der Waals surface area (Å²) in [4.78, 5) is 0. The second-order valence-electron chi connectivity index (χ2n) is 6.98. The van der Waals surface area contributed by atoms with Crippen LogP contribution in [0.5, 0.6) is 0 Å². The van der Waals surface area contributed by atoms with Gasteiger partial charge in [-0.25, -0.2) is 0 Å². The average Bonchev–Trinajstić information content (AvgIpc) is 1.98. The van der Waals surface area contributed by atoms with Gasteiger partial charge in [-0.2, -0.15) is 0 Å². The first kappa shape index (κ1) is 15.0. The zero-order valence-corrected chi connectivity index (χ0v) is 11.7. The van der Waals surface area contributed by atoms with Gasteiger partial charge in [-0.05, 0) is 23.7 Å². The Hall–Kier alpha value is -0.0400. The minimum absolute atomic E-state index is 0.311. The molecule has 0 bridgehead atoms. The Morgan fingerprint density at radius 2 is 1.33 bits per heavy atom. The molecule has 92 valence electrons. The van der Waals surface area contributed by atoms with Crippen molar-refractivity contribution in [2.24, 2.45) is 10.8 Å². The Balaban J connectivity index is 3.20. The molecular formula is C14H30O. The van der Waals surface area contributed by atoms with Gasteiger partial charge in [-0.15, -0.1) is 0 Å². The van der Waals surface area contributed by atoms with Gasteiger partial charge in [0.15, 0.2) is 0 Å². The molecule has 0 fully saturated rings. The quantitative estimate of drug-likeness (QED) is 0.584. The van der Waals surface area contributed by atoms with Crippen molar-refractivity contribution in [2.75, 3.05) is 13.2 Å². The molecule has 1 heteroatoms. The lowest BCUT2D eigenvalue weighted by Gasteiger charge is -2.19. The van der Waals surface area contributed by atoms with Crippen LogP contribution in [0, 0.1) is 10.8 Å². The summed E-state index contributed by atoms with van der Waals surface area (Å²) in [5.74, 6) is 0. The highest BCUT2D eigenvalue weighted by Crippen LogP contribution is 2.22. The number of rotatable bonds is 6. The van der Waals surface area contributed by atoms with Crippen molar-refractivity contribution in [3.05, 3.63) is 0 Å². The monoisotopic (exact) mass is 214 g/mol. The van der Waals surface area contributed by atoms with Crippen LogP contribution in [0.1, 0.15) is 67.2 Å². The predicted molar refractivity (Wildman–Crippen MR) is 68.2 cm³/mol. The molecule has 1 nitrogen and oxygen atoms in total. The number of hydrogen-bond donors (Lipinski definition) is 0. The van der Waals surface area contributed by atoms with E-state index in [0.29, 0.717) is 10.8 Å². The molecule has 0 N–H and O–H groups in total. The van der Waals surface area contributed by atoms with E-state index in [9.17, 15) is 0 Å². The zero-order valence-electron chi connectivity index (χ0n) is 11.7. The first-order chi connectivity index (χ1) is 6.71. The summed E-state index contributed by atoms with van der Waals surface area (Å²) in [7, 11) is 0. The van der Waals surface area contributed by atoms with Crippen LogP contribution in [0.4, 0.5) is 0 Å². The standard InChI is InChI=1S/C14H30O/c1-13(2,3)10-8-7-9-11-15-12-14(4,5)6/h7-12H2,1-6H3. The Morgan fingerprint density at radius 1 is 0.733 bits per heavy atom. The van der Waals surface area contributed by atoms with E-state index in [4.69, 9.17) is 4.74 Å². The third-order valence-corrected chi connectivity index (χ3v) is 2.25. The second-order valence-corrected chi connectivity index (χ2v) is 6.98. The van der Waals surface area contributed by atoms with Gasteiger partial charge in [-0.3, -0.25) is 0 Å². The van der Waals surface area contributed by atoms with Crippen molar-refractivity contribution < 1.29 is 4.74 Å². The van der Waals surface area contributed by atoms with Crippen LogP contribution in [0.25, 0.3) is 0 Å².